The first-order valence-electron chi connectivity index (χ1n) is 8.49. The zero-order valence-electron chi connectivity index (χ0n) is 15.1. The monoisotopic (exact) mass is 389 g/mol. The zero-order valence-corrected chi connectivity index (χ0v) is 15.1. The van der Waals surface area contributed by atoms with E-state index >= 15 is 0 Å². The summed E-state index contributed by atoms with van der Waals surface area (Å²) >= 11 is 0. The molecule has 148 valence electrons. The lowest BCUT2D eigenvalue weighted by Crippen LogP contribution is -2.54. The third-order valence-electron chi connectivity index (χ3n) is 4.26. The first-order valence-corrected chi connectivity index (χ1v) is 8.49. The van der Waals surface area contributed by atoms with Gasteiger partial charge in [0.2, 0.25) is 5.56 Å². The third-order valence-corrected chi connectivity index (χ3v) is 4.26. The zero-order chi connectivity index (χ0) is 20.3. The van der Waals surface area contributed by atoms with Crippen LogP contribution in [0.3, 0.4) is 0 Å². The summed E-state index contributed by atoms with van der Waals surface area (Å²) in [6, 6.07) is 7.96. The summed E-state index contributed by atoms with van der Waals surface area (Å²) in [5.41, 5.74) is 6.00. The Labute approximate surface area is 159 Å². The van der Waals surface area contributed by atoms with E-state index in [1.54, 1.807) is 37.5 Å². The molecule has 9 nitrogen and oxygen atoms in total. The van der Waals surface area contributed by atoms with Crippen LogP contribution in [0.2, 0.25) is 0 Å². The first kappa shape index (κ1) is 19.2. The molecule has 0 unspecified atom stereocenters. The Morgan fingerprint density at radius 3 is 2.82 bits per heavy atom. The van der Waals surface area contributed by atoms with Gasteiger partial charge in [0.1, 0.15) is 11.9 Å². The van der Waals surface area contributed by atoms with E-state index in [1.165, 1.54) is 10.6 Å². The lowest BCUT2D eigenvalue weighted by molar-refractivity contribution is 0.165. The minimum Gasteiger partial charge on any atom is -0.485 e. The molecule has 0 saturated carbocycles. The molecule has 1 amide bonds. The molecule has 28 heavy (non-hydrogen) atoms. The van der Waals surface area contributed by atoms with Crippen molar-refractivity contribution in [1.29, 1.82) is 0 Å². The molecule has 0 aliphatic carbocycles. The Balaban J connectivity index is 1.62. The molecular weight excluding hydrogens is 369 g/mol. The van der Waals surface area contributed by atoms with Crippen LogP contribution < -0.4 is 26.2 Å². The van der Waals surface area contributed by atoms with E-state index in [0.29, 0.717) is 30.1 Å². The van der Waals surface area contributed by atoms with Crippen LogP contribution in [0.25, 0.3) is 0 Å². The number of carbonyl (C=O) groups is 1. The highest BCUT2D eigenvalue weighted by Gasteiger charge is 2.31. The van der Waals surface area contributed by atoms with Crippen LogP contribution in [-0.2, 0) is 13.6 Å². The molecule has 0 radical (unpaired) electrons. The average molecular weight is 389 g/mol. The van der Waals surface area contributed by atoms with Gasteiger partial charge in [-0.3, -0.25) is 10.1 Å². The number of amides is 1. The summed E-state index contributed by atoms with van der Waals surface area (Å²) in [5.74, 6) is -0.154. The standard InChI is InChI=1S/C18H20FN5O4/c1-23-8-12(5-6-15(23)25)28-13-9-24(10-13)14-4-2-3-11(16(14)19)7-21-17(20)22-18(26)27/h2-6,8,13H,7,9-10H2,1H3,(H,26,27)(H3,20,21,22). The second kappa shape index (κ2) is 7.99. The number of guanidine groups is 1. The van der Waals surface area contributed by atoms with E-state index in [0.717, 1.165) is 0 Å². The van der Waals surface area contributed by atoms with Gasteiger partial charge in [0.05, 0.1) is 25.3 Å². The number of rotatable bonds is 5. The molecule has 2 aromatic rings. The number of pyridine rings is 1. The summed E-state index contributed by atoms with van der Waals surface area (Å²) in [4.78, 5) is 27.5. The normalized spacial score (nSPS) is 14.5. The van der Waals surface area contributed by atoms with Crippen LogP contribution in [-0.4, -0.2) is 40.9 Å². The second-order valence-electron chi connectivity index (χ2n) is 6.34. The van der Waals surface area contributed by atoms with Gasteiger partial charge in [-0.2, -0.15) is 0 Å². The van der Waals surface area contributed by atoms with Gasteiger partial charge in [0.25, 0.3) is 0 Å². The molecule has 1 aromatic carbocycles. The van der Waals surface area contributed by atoms with E-state index < -0.39 is 11.9 Å². The highest BCUT2D eigenvalue weighted by Crippen LogP contribution is 2.28. The largest absolute Gasteiger partial charge is 0.485 e. The Hall–Kier alpha value is -3.56. The van der Waals surface area contributed by atoms with E-state index in [2.05, 4.69) is 4.99 Å². The highest BCUT2D eigenvalue weighted by molar-refractivity contribution is 5.91. The number of nitrogens with two attached hydrogens (primary N) is 1. The number of benzene rings is 1. The summed E-state index contributed by atoms with van der Waals surface area (Å²) in [6.45, 7) is 0.905. The predicted octanol–water partition coefficient (Wildman–Crippen LogP) is 0.874. The Kier molecular flexibility index (Phi) is 5.48. The molecule has 0 spiro atoms. The van der Waals surface area contributed by atoms with Gasteiger partial charge in [-0.15, -0.1) is 0 Å². The van der Waals surface area contributed by atoms with E-state index in [1.807, 2.05) is 10.2 Å². The quantitative estimate of drug-likeness (QED) is 0.515. The van der Waals surface area contributed by atoms with E-state index in [9.17, 15) is 14.0 Å². The Bertz CT molecular complexity index is 969. The number of nitrogens with one attached hydrogen (secondary N) is 1. The number of nitrogens with zero attached hydrogens (tertiary/aromatic N) is 3. The van der Waals surface area contributed by atoms with Crippen molar-refractivity contribution >= 4 is 17.7 Å². The molecule has 1 aromatic heterocycles. The van der Waals surface area contributed by atoms with Crippen molar-refractivity contribution in [3.8, 4) is 5.75 Å². The molecule has 1 aliphatic rings. The van der Waals surface area contributed by atoms with Crippen LogP contribution in [0.5, 0.6) is 5.75 Å². The van der Waals surface area contributed by atoms with Crippen molar-refractivity contribution in [3.05, 3.63) is 58.3 Å². The van der Waals surface area contributed by atoms with Crippen LogP contribution in [0.1, 0.15) is 5.56 Å². The summed E-state index contributed by atoms with van der Waals surface area (Å²) in [6.07, 6.45) is 0.161. The van der Waals surface area contributed by atoms with Crippen molar-refractivity contribution in [3.63, 3.8) is 0 Å². The Morgan fingerprint density at radius 1 is 1.39 bits per heavy atom. The number of aliphatic imine (C=N–C) groups is 1. The van der Waals surface area contributed by atoms with Crippen LogP contribution in [0, 0.1) is 5.82 Å². The molecule has 4 N–H and O–H groups in total. The number of aromatic nitrogens is 1. The molecular formula is C18H20FN5O4. The van der Waals surface area contributed by atoms with Gasteiger partial charge in [0.15, 0.2) is 11.8 Å². The molecule has 1 aliphatic heterocycles. The molecule has 0 bridgehead atoms. The number of ether oxygens (including phenoxy) is 1. The van der Waals surface area contributed by atoms with Crippen LogP contribution in [0.4, 0.5) is 14.9 Å². The SMILES string of the molecule is Cn1cc(OC2CN(c3cccc(CN=C(N)NC(=O)O)c3F)C2)ccc1=O. The van der Waals surface area contributed by atoms with Crippen LogP contribution in [0.15, 0.2) is 46.3 Å². The van der Waals surface area contributed by atoms with Gasteiger partial charge >= 0.3 is 6.09 Å². The smallest absolute Gasteiger partial charge is 0.411 e. The van der Waals surface area contributed by atoms with Crippen molar-refractivity contribution < 1.29 is 19.0 Å². The second-order valence-corrected chi connectivity index (χ2v) is 6.34. The predicted molar refractivity (Wildman–Crippen MR) is 101 cm³/mol. The van der Waals surface area contributed by atoms with Crippen molar-refractivity contribution in [2.45, 2.75) is 12.6 Å². The lowest BCUT2D eigenvalue weighted by Gasteiger charge is -2.40. The highest BCUT2D eigenvalue weighted by atomic mass is 19.1. The number of aryl methyl sites for hydroxylation is 1. The maximum atomic E-state index is 14.7. The van der Waals surface area contributed by atoms with Crippen molar-refractivity contribution in [2.75, 3.05) is 18.0 Å². The number of carboxylic acid groups (broad SMARTS) is 1. The molecule has 0 atom stereocenters. The van der Waals surface area contributed by atoms with Crippen molar-refractivity contribution in [1.82, 2.24) is 9.88 Å². The van der Waals surface area contributed by atoms with E-state index in [-0.39, 0.29) is 24.2 Å². The fraction of sp³-hybridized carbons (Fsp3) is 0.278. The number of anilines is 1. The fourth-order valence-corrected chi connectivity index (χ4v) is 2.79. The van der Waals surface area contributed by atoms with Gasteiger partial charge in [-0.1, -0.05) is 12.1 Å². The average Bonchev–Trinajstić information content (AvgIpc) is 2.60. The topological polar surface area (TPSA) is 122 Å². The van der Waals surface area contributed by atoms with Gasteiger partial charge < -0.3 is 25.0 Å². The van der Waals surface area contributed by atoms with E-state index in [4.69, 9.17) is 15.6 Å². The maximum Gasteiger partial charge on any atom is 0.411 e. The van der Waals surface area contributed by atoms with Gasteiger partial charge in [-0.05, 0) is 12.1 Å². The Morgan fingerprint density at radius 2 is 2.14 bits per heavy atom. The molecule has 2 heterocycles. The minimum atomic E-state index is -1.33. The number of hydrogen-bond acceptors (Lipinski definition) is 5. The number of hydrogen-bond donors (Lipinski definition) is 3. The van der Waals surface area contributed by atoms with Crippen molar-refractivity contribution in [2.24, 2.45) is 17.8 Å². The molecule has 3 rings (SSSR count). The molecule has 10 heteroatoms. The molecule has 1 saturated heterocycles. The molecule has 1 fully saturated rings. The summed E-state index contributed by atoms with van der Waals surface area (Å²) < 4.78 is 22.0. The summed E-state index contributed by atoms with van der Waals surface area (Å²) in [5, 5.41) is 10.5. The third kappa shape index (κ3) is 4.40. The van der Waals surface area contributed by atoms with Gasteiger partial charge in [0, 0.05) is 24.9 Å². The first-order chi connectivity index (χ1) is 13.3. The van der Waals surface area contributed by atoms with Crippen LogP contribution >= 0.6 is 0 Å². The lowest BCUT2D eigenvalue weighted by atomic mass is 10.1. The summed E-state index contributed by atoms with van der Waals surface area (Å²) in [7, 11) is 1.64. The number of halogens is 1. The van der Waals surface area contributed by atoms with Gasteiger partial charge in [-0.25, -0.2) is 14.2 Å². The minimum absolute atomic E-state index is 0.0857. The maximum absolute atomic E-state index is 14.7. The fourth-order valence-electron chi connectivity index (χ4n) is 2.79.